The summed E-state index contributed by atoms with van der Waals surface area (Å²) in [6.07, 6.45) is 17.0. The SMILES string of the molecule is C=CC(O)(CC=C[C@H]1CCC(=O)[C@@H]1CCCCCCCO)CCCCC(C)O. The van der Waals surface area contributed by atoms with E-state index in [2.05, 4.69) is 12.7 Å². The molecular weight excluding hydrogens is 352 g/mol. The number of aliphatic hydroxyl groups excluding tert-OH is 2. The van der Waals surface area contributed by atoms with E-state index in [9.17, 15) is 15.0 Å². The van der Waals surface area contributed by atoms with Gasteiger partial charge in [-0.1, -0.05) is 56.8 Å². The minimum atomic E-state index is -0.903. The molecule has 28 heavy (non-hydrogen) atoms. The predicted molar refractivity (Wildman–Crippen MR) is 115 cm³/mol. The molecule has 2 unspecified atom stereocenters. The second-order valence-corrected chi connectivity index (χ2v) is 8.59. The van der Waals surface area contributed by atoms with Crippen LogP contribution in [0.15, 0.2) is 24.8 Å². The minimum Gasteiger partial charge on any atom is -0.396 e. The zero-order chi connectivity index (χ0) is 20.8. The molecule has 4 heteroatoms. The van der Waals surface area contributed by atoms with Gasteiger partial charge in [0.25, 0.3) is 0 Å². The molecule has 1 aliphatic rings. The van der Waals surface area contributed by atoms with Crippen molar-refractivity contribution in [1.29, 1.82) is 0 Å². The Labute approximate surface area is 171 Å². The van der Waals surface area contributed by atoms with Crippen molar-refractivity contribution in [1.82, 2.24) is 0 Å². The quantitative estimate of drug-likeness (QED) is 0.261. The van der Waals surface area contributed by atoms with Crippen LogP contribution < -0.4 is 0 Å². The number of ketones is 1. The molecule has 0 aromatic heterocycles. The summed E-state index contributed by atoms with van der Waals surface area (Å²) in [7, 11) is 0. The first-order valence-electron chi connectivity index (χ1n) is 11.3. The lowest BCUT2D eigenvalue weighted by atomic mass is 9.87. The minimum absolute atomic E-state index is 0.136. The molecule has 3 N–H and O–H groups in total. The topological polar surface area (TPSA) is 77.8 Å². The van der Waals surface area contributed by atoms with E-state index < -0.39 is 5.60 Å². The van der Waals surface area contributed by atoms with Gasteiger partial charge in [-0.3, -0.25) is 4.79 Å². The lowest BCUT2D eigenvalue weighted by Gasteiger charge is -2.23. The molecule has 4 atom stereocenters. The zero-order valence-corrected chi connectivity index (χ0v) is 17.8. The smallest absolute Gasteiger partial charge is 0.136 e. The lowest BCUT2D eigenvalue weighted by molar-refractivity contribution is -0.121. The van der Waals surface area contributed by atoms with Gasteiger partial charge in [0, 0.05) is 18.9 Å². The third-order valence-corrected chi connectivity index (χ3v) is 6.04. The maximum atomic E-state index is 12.2. The van der Waals surface area contributed by atoms with Crippen LogP contribution in [0, 0.1) is 11.8 Å². The molecular formula is C24H42O4. The van der Waals surface area contributed by atoms with Gasteiger partial charge < -0.3 is 15.3 Å². The van der Waals surface area contributed by atoms with E-state index in [0.717, 1.165) is 64.2 Å². The van der Waals surface area contributed by atoms with E-state index in [-0.39, 0.29) is 18.6 Å². The number of Topliss-reactive ketones (excluding diaryl/α,β-unsaturated/α-hetero) is 1. The van der Waals surface area contributed by atoms with Gasteiger partial charge in [-0.25, -0.2) is 0 Å². The summed E-state index contributed by atoms with van der Waals surface area (Å²) in [5, 5.41) is 28.9. The normalized spacial score (nSPS) is 23.2. The maximum Gasteiger partial charge on any atom is 0.136 e. The summed E-state index contributed by atoms with van der Waals surface area (Å²) < 4.78 is 0. The van der Waals surface area contributed by atoms with E-state index in [4.69, 9.17) is 5.11 Å². The summed E-state index contributed by atoms with van der Waals surface area (Å²) in [5.41, 5.74) is -0.903. The molecule has 4 nitrogen and oxygen atoms in total. The lowest BCUT2D eigenvalue weighted by Crippen LogP contribution is -2.24. The van der Waals surface area contributed by atoms with E-state index in [1.165, 1.54) is 0 Å². The third kappa shape index (κ3) is 9.99. The molecule has 162 valence electrons. The van der Waals surface area contributed by atoms with Gasteiger partial charge in [-0.05, 0) is 51.4 Å². The average Bonchev–Trinajstić information content (AvgIpc) is 3.01. The first-order chi connectivity index (χ1) is 13.4. The Hall–Kier alpha value is -0.970. The number of hydrogen-bond donors (Lipinski definition) is 3. The van der Waals surface area contributed by atoms with Crippen molar-refractivity contribution in [3.63, 3.8) is 0 Å². The number of hydrogen-bond acceptors (Lipinski definition) is 4. The maximum absolute atomic E-state index is 12.2. The molecule has 0 bridgehead atoms. The molecule has 0 aromatic carbocycles. The summed E-state index contributed by atoms with van der Waals surface area (Å²) >= 11 is 0. The molecule has 0 aromatic rings. The Balaban J connectivity index is 2.40. The van der Waals surface area contributed by atoms with E-state index >= 15 is 0 Å². The number of unbranched alkanes of at least 4 members (excludes halogenated alkanes) is 5. The molecule has 0 amide bonds. The molecule has 1 aliphatic carbocycles. The highest BCUT2D eigenvalue weighted by Gasteiger charge is 2.32. The van der Waals surface area contributed by atoms with Gasteiger partial charge in [-0.2, -0.15) is 0 Å². The van der Waals surface area contributed by atoms with Gasteiger partial charge in [0.2, 0.25) is 0 Å². The Morgan fingerprint density at radius 1 is 1.18 bits per heavy atom. The highest BCUT2D eigenvalue weighted by Crippen LogP contribution is 2.34. The van der Waals surface area contributed by atoms with Gasteiger partial charge >= 0.3 is 0 Å². The second-order valence-electron chi connectivity index (χ2n) is 8.59. The number of allylic oxidation sites excluding steroid dienone is 1. The van der Waals surface area contributed by atoms with Gasteiger partial charge in [0.15, 0.2) is 0 Å². The van der Waals surface area contributed by atoms with Crippen molar-refractivity contribution in [2.45, 2.75) is 102 Å². The Bertz CT molecular complexity index is 471. The molecule has 0 aliphatic heterocycles. The largest absolute Gasteiger partial charge is 0.396 e. The molecule has 0 radical (unpaired) electrons. The van der Waals surface area contributed by atoms with Crippen LogP contribution in [-0.4, -0.2) is 39.4 Å². The van der Waals surface area contributed by atoms with Gasteiger partial charge in [-0.15, -0.1) is 6.58 Å². The van der Waals surface area contributed by atoms with Gasteiger partial charge in [0.05, 0.1) is 11.7 Å². The number of aliphatic hydroxyl groups is 3. The van der Waals surface area contributed by atoms with Crippen LogP contribution in [0.3, 0.4) is 0 Å². The van der Waals surface area contributed by atoms with E-state index in [0.29, 0.717) is 31.0 Å². The molecule has 0 saturated heterocycles. The fraction of sp³-hybridized carbons (Fsp3) is 0.792. The standard InChI is InChI=1S/C24H42O4/c1-3-24(28,17-9-8-12-20(2)26)18-11-13-21-15-16-23(27)22(21)14-7-5-4-6-10-19-25/h3,11,13,20-22,25-26,28H,1,4-10,12,14-19H2,2H3/t20?,21-,22+,24?/m0/s1. The molecule has 0 spiro atoms. The van der Waals surface area contributed by atoms with Crippen LogP contribution in [0.1, 0.15) is 90.4 Å². The highest BCUT2D eigenvalue weighted by atomic mass is 16.3. The third-order valence-electron chi connectivity index (χ3n) is 6.04. The van der Waals surface area contributed by atoms with Crippen molar-refractivity contribution >= 4 is 5.78 Å². The van der Waals surface area contributed by atoms with Crippen molar-refractivity contribution in [3.05, 3.63) is 24.8 Å². The first kappa shape index (κ1) is 25.1. The first-order valence-corrected chi connectivity index (χ1v) is 11.3. The van der Waals surface area contributed by atoms with Gasteiger partial charge in [0.1, 0.15) is 5.78 Å². The summed E-state index contributed by atoms with van der Waals surface area (Å²) in [4.78, 5) is 12.2. The summed E-state index contributed by atoms with van der Waals surface area (Å²) in [5.74, 6) is 0.827. The van der Waals surface area contributed by atoms with E-state index in [1.54, 1.807) is 13.0 Å². The van der Waals surface area contributed by atoms with Crippen molar-refractivity contribution in [2.75, 3.05) is 6.61 Å². The van der Waals surface area contributed by atoms with Crippen molar-refractivity contribution in [3.8, 4) is 0 Å². The van der Waals surface area contributed by atoms with Crippen LogP contribution in [0.5, 0.6) is 0 Å². The van der Waals surface area contributed by atoms with Crippen LogP contribution in [0.2, 0.25) is 0 Å². The fourth-order valence-corrected chi connectivity index (χ4v) is 4.15. The predicted octanol–water partition coefficient (Wildman–Crippen LogP) is 4.72. The monoisotopic (exact) mass is 394 g/mol. The van der Waals surface area contributed by atoms with Crippen LogP contribution in [0.25, 0.3) is 0 Å². The number of carbonyl (C=O) groups is 1. The second kappa shape index (κ2) is 14.1. The summed E-state index contributed by atoms with van der Waals surface area (Å²) in [6.45, 7) is 5.85. The summed E-state index contributed by atoms with van der Waals surface area (Å²) in [6, 6.07) is 0. The molecule has 0 heterocycles. The van der Waals surface area contributed by atoms with Crippen LogP contribution in [-0.2, 0) is 4.79 Å². The highest BCUT2D eigenvalue weighted by molar-refractivity contribution is 5.83. The molecule has 1 fully saturated rings. The van der Waals surface area contributed by atoms with Crippen molar-refractivity contribution in [2.24, 2.45) is 11.8 Å². The van der Waals surface area contributed by atoms with Crippen LogP contribution >= 0.6 is 0 Å². The van der Waals surface area contributed by atoms with Crippen molar-refractivity contribution < 1.29 is 20.1 Å². The van der Waals surface area contributed by atoms with Crippen LogP contribution in [0.4, 0.5) is 0 Å². The molecule has 1 saturated carbocycles. The zero-order valence-electron chi connectivity index (χ0n) is 17.8. The Kier molecular flexibility index (Phi) is 12.6. The van der Waals surface area contributed by atoms with E-state index in [1.807, 2.05) is 6.08 Å². The Morgan fingerprint density at radius 2 is 1.89 bits per heavy atom. The average molecular weight is 395 g/mol. The Morgan fingerprint density at radius 3 is 2.57 bits per heavy atom. The number of carbonyl (C=O) groups excluding carboxylic acids is 1. The molecule has 1 rings (SSSR count). The fourth-order valence-electron chi connectivity index (χ4n) is 4.15. The number of rotatable bonds is 16.